The van der Waals surface area contributed by atoms with Crippen molar-refractivity contribution in [2.24, 2.45) is 5.92 Å². The third-order valence-electron chi connectivity index (χ3n) is 3.53. The summed E-state index contributed by atoms with van der Waals surface area (Å²) in [7, 11) is 0. The lowest BCUT2D eigenvalue weighted by Crippen LogP contribution is -2.12. The molecule has 0 radical (unpaired) electrons. The number of benzene rings is 1. The molecule has 2 heteroatoms. The Kier molecular flexibility index (Phi) is 4.96. The van der Waals surface area contributed by atoms with Crippen LogP contribution in [0.4, 0.5) is 0 Å². The summed E-state index contributed by atoms with van der Waals surface area (Å²) in [5.41, 5.74) is 1.42. The maximum absolute atomic E-state index is 6.47. The summed E-state index contributed by atoms with van der Waals surface area (Å²) < 4.78 is 1.31. The second-order valence-corrected chi connectivity index (χ2v) is 6.53. The number of aryl methyl sites for hydroxylation is 1. The van der Waals surface area contributed by atoms with Crippen LogP contribution in [0.15, 0.2) is 24.3 Å². The molecule has 1 aliphatic rings. The van der Waals surface area contributed by atoms with Gasteiger partial charge in [0.2, 0.25) is 0 Å². The van der Waals surface area contributed by atoms with E-state index in [1.807, 2.05) is 0 Å². The predicted octanol–water partition coefficient (Wildman–Crippen LogP) is 5.02. The van der Waals surface area contributed by atoms with E-state index in [2.05, 4.69) is 46.9 Å². The molecule has 2 rings (SSSR count). The van der Waals surface area contributed by atoms with Crippen molar-refractivity contribution < 1.29 is 0 Å². The predicted molar refractivity (Wildman–Crippen MR) is 79.1 cm³/mol. The Morgan fingerprint density at radius 3 is 2.44 bits per heavy atom. The average molecular weight is 349 g/mol. The van der Waals surface area contributed by atoms with E-state index in [0.29, 0.717) is 5.38 Å². The third-order valence-corrected chi connectivity index (χ3v) is 4.83. The Morgan fingerprint density at radius 2 is 1.81 bits per heavy atom. The molecule has 88 valence electrons. The zero-order chi connectivity index (χ0) is 11.4. The van der Waals surface area contributed by atoms with Crippen LogP contribution in [0.1, 0.15) is 37.7 Å². The quantitative estimate of drug-likeness (QED) is 0.529. The number of hydrogen-bond acceptors (Lipinski definition) is 0. The highest BCUT2D eigenvalue weighted by molar-refractivity contribution is 14.1. The van der Waals surface area contributed by atoms with Gasteiger partial charge in [-0.05, 0) is 71.9 Å². The van der Waals surface area contributed by atoms with Crippen LogP contribution in [-0.4, -0.2) is 5.38 Å². The number of rotatable bonds is 4. The fourth-order valence-corrected chi connectivity index (χ4v) is 3.23. The second-order valence-electron chi connectivity index (χ2n) is 4.73. The van der Waals surface area contributed by atoms with E-state index >= 15 is 0 Å². The average Bonchev–Trinajstić information content (AvgIpc) is 2.81. The highest BCUT2D eigenvalue weighted by atomic mass is 127. The van der Waals surface area contributed by atoms with Crippen molar-refractivity contribution in [3.63, 3.8) is 0 Å². The fourth-order valence-electron chi connectivity index (χ4n) is 2.51. The van der Waals surface area contributed by atoms with Crippen LogP contribution >= 0.6 is 34.2 Å². The van der Waals surface area contributed by atoms with Gasteiger partial charge in [-0.3, -0.25) is 0 Å². The summed E-state index contributed by atoms with van der Waals surface area (Å²) in [6.07, 6.45) is 7.73. The van der Waals surface area contributed by atoms with Gasteiger partial charge in [-0.2, -0.15) is 0 Å². The first-order chi connectivity index (χ1) is 7.75. The van der Waals surface area contributed by atoms with Crippen LogP contribution in [0.3, 0.4) is 0 Å². The molecule has 0 bridgehead atoms. The molecular weight excluding hydrogens is 331 g/mol. The lowest BCUT2D eigenvalue weighted by atomic mass is 9.98. The lowest BCUT2D eigenvalue weighted by molar-refractivity contribution is 0.492. The first-order valence-corrected chi connectivity index (χ1v) is 7.66. The van der Waals surface area contributed by atoms with Crippen LogP contribution in [-0.2, 0) is 6.42 Å². The Morgan fingerprint density at radius 1 is 1.19 bits per heavy atom. The van der Waals surface area contributed by atoms with Crippen LogP contribution in [0.2, 0.25) is 0 Å². The molecular formula is C14H18ClI. The van der Waals surface area contributed by atoms with Crippen LogP contribution in [0, 0.1) is 9.49 Å². The molecule has 0 aliphatic heterocycles. The minimum atomic E-state index is 0.391. The molecule has 0 N–H and O–H groups in total. The summed E-state index contributed by atoms with van der Waals surface area (Å²) in [6, 6.07) is 8.80. The standard InChI is InChI=1S/C14H18ClI/c15-14(12-3-1-2-4-12)10-7-11-5-8-13(16)9-6-11/h5-6,8-9,12,14H,1-4,7,10H2. The van der Waals surface area contributed by atoms with Crippen LogP contribution in [0.25, 0.3) is 0 Å². The first kappa shape index (κ1) is 12.7. The molecule has 0 heterocycles. The summed E-state index contributed by atoms with van der Waals surface area (Å²) in [5.74, 6) is 0.783. The zero-order valence-corrected chi connectivity index (χ0v) is 12.4. The molecule has 1 atom stereocenters. The van der Waals surface area contributed by atoms with Gasteiger partial charge in [-0.25, -0.2) is 0 Å². The largest absolute Gasteiger partial charge is 0.123 e. The van der Waals surface area contributed by atoms with E-state index in [0.717, 1.165) is 18.8 Å². The first-order valence-electron chi connectivity index (χ1n) is 6.14. The van der Waals surface area contributed by atoms with E-state index in [-0.39, 0.29) is 0 Å². The molecule has 1 fully saturated rings. The van der Waals surface area contributed by atoms with Gasteiger partial charge < -0.3 is 0 Å². The van der Waals surface area contributed by atoms with Crippen molar-refractivity contribution >= 4 is 34.2 Å². The topological polar surface area (TPSA) is 0 Å². The van der Waals surface area contributed by atoms with Crippen molar-refractivity contribution in [3.05, 3.63) is 33.4 Å². The van der Waals surface area contributed by atoms with Gasteiger partial charge in [-0.1, -0.05) is 25.0 Å². The summed E-state index contributed by atoms with van der Waals surface area (Å²) in [4.78, 5) is 0. The Balaban J connectivity index is 1.80. The van der Waals surface area contributed by atoms with E-state index in [9.17, 15) is 0 Å². The fraction of sp³-hybridized carbons (Fsp3) is 0.571. The minimum absolute atomic E-state index is 0.391. The van der Waals surface area contributed by atoms with Gasteiger partial charge in [0.05, 0.1) is 0 Å². The summed E-state index contributed by atoms with van der Waals surface area (Å²) in [5, 5.41) is 0.391. The van der Waals surface area contributed by atoms with Gasteiger partial charge in [0.1, 0.15) is 0 Å². The number of hydrogen-bond donors (Lipinski definition) is 0. The lowest BCUT2D eigenvalue weighted by Gasteiger charge is -2.16. The molecule has 16 heavy (non-hydrogen) atoms. The SMILES string of the molecule is ClC(CCc1ccc(I)cc1)C1CCCC1. The Bertz CT molecular complexity index is 314. The maximum Gasteiger partial charge on any atom is 0.0367 e. The molecule has 1 saturated carbocycles. The van der Waals surface area contributed by atoms with E-state index in [4.69, 9.17) is 11.6 Å². The zero-order valence-electron chi connectivity index (χ0n) is 9.46. The molecule has 0 aromatic heterocycles. The van der Waals surface area contributed by atoms with Gasteiger partial charge in [0.15, 0.2) is 0 Å². The van der Waals surface area contributed by atoms with Crippen LogP contribution < -0.4 is 0 Å². The molecule has 0 nitrogen and oxygen atoms in total. The van der Waals surface area contributed by atoms with Crippen LogP contribution in [0.5, 0.6) is 0 Å². The van der Waals surface area contributed by atoms with Crippen molar-refractivity contribution in [1.82, 2.24) is 0 Å². The molecule has 1 aliphatic carbocycles. The molecule has 0 spiro atoms. The van der Waals surface area contributed by atoms with E-state index < -0.39 is 0 Å². The van der Waals surface area contributed by atoms with Gasteiger partial charge in [0, 0.05) is 8.95 Å². The normalized spacial score (nSPS) is 18.9. The highest BCUT2D eigenvalue weighted by Crippen LogP contribution is 2.32. The molecule has 1 unspecified atom stereocenters. The second kappa shape index (κ2) is 6.25. The molecule has 0 amide bonds. The number of halogens is 2. The van der Waals surface area contributed by atoms with E-state index in [1.165, 1.54) is 34.8 Å². The van der Waals surface area contributed by atoms with Crippen molar-refractivity contribution in [2.75, 3.05) is 0 Å². The summed E-state index contributed by atoms with van der Waals surface area (Å²) in [6.45, 7) is 0. The minimum Gasteiger partial charge on any atom is -0.123 e. The van der Waals surface area contributed by atoms with Gasteiger partial charge >= 0.3 is 0 Å². The smallest absolute Gasteiger partial charge is 0.0367 e. The molecule has 0 saturated heterocycles. The Hall–Kier alpha value is 0.240. The maximum atomic E-state index is 6.47. The third kappa shape index (κ3) is 3.63. The van der Waals surface area contributed by atoms with Gasteiger partial charge in [0.25, 0.3) is 0 Å². The molecule has 1 aromatic rings. The van der Waals surface area contributed by atoms with Crippen molar-refractivity contribution in [2.45, 2.75) is 43.9 Å². The molecule has 1 aromatic carbocycles. The van der Waals surface area contributed by atoms with Gasteiger partial charge in [-0.15, -0.1) is 11.6 Å². The Labute approximate surface area is 117 Å². The van der Waals surface area contributed by atoms with E-state index in [1.54, 1.807) is 0 Å². The van der Waals surface area contributed by atoms with Crippen molar-refractivity contribution in [1.29, 1.82) is 0 Å². The highest BCUT2D eigenvalue weighted by Gasteiger charge is 2.22. The monoisotopic (exact) mass is 348 g/mol. The summed E-state index contributed by atoms with van der Waals surface area (Å²) >= 11 is 8.81. The van der Waals surface area contributed by atoms with Crippen molar-refractivity contribution in [3.8, 4) is 0 Å². The number of alkyl halides is 1.